The summed E-state index contributed by atoms with van der Waals surface area (Å²) in [6.45, 7) is 3.48. The highest BCUT2D eigenvalue weighted by Crippen LogP contribution is 2.27. The van der Waals surface area contributed by atoms with Crippen molar-refractivity contribution in [3.8, 4) is 0 Å². The lowest BCUT2D eigenvalue weighted by Crippen LogP contribution is -2.56. The maximum Gasteiger partial charge on any atom is 0.264 e. The van der Waals surface area contributed by atoms with Crippen LogP contribution in [0.25, 0.3) is 10.3 Å². The largest absolute Gasteiger partial charge is 0.463 e. The summed E-state index contributed by atoms with van der Waals surface area (Å²) in [5, 5.41) is 0. The van der Waals surface area contributed by atoms with Crippen molar-refractivity contribution < 1.29 is 18.7 Å². The van der Waals surface area contributed by atoms with Gasteiger partial charge in [0, 0.05) is 45.5 Å². The Kier molecular flexibility index (Phi) is 4.97. The number of carbonyl (C=O) groups excluding carboxylic acids is 2. The standard InChI is InChI=1S/C18H23N3O4S/c19-16(12-1-8-24-9-2-12)18(23)21-6-4-20(5-7-21)17(22)15-11-13-14(26-15)3-10-25-13/h3,10-12,16H,1-2,4-9,19H2. The highest BCUT2D eigenvalue weighted by Gasteiger charge is 2.32. The molecule has 0 saturated carbocycles. The molecule has 140 valence electrons. The smallest absolute Gasteiger partial charge is 0.264 e. The Balaban J connectivity index is 1.33. The van der Waals surface area contributed by atoms with Crippen LogP contribution < -0.4 is 5.73 Å². The summed E-state index contributed by atoms with van der Waals surface area (Å²) in [4.78, 5) is 29.6. The maximum absolute atomic E-state index is 12.7. The molecule has 8 heteroatoms. The van der Waals surface area contributed by atoms with Gasteiger partial charge >= 0.3 is 0 Å². The fourth-order valence-electron chi connectivity index (χ4n) is 3.64. The van der Waals surface area contributed by atoms with Crippen LogP contribution >= 0.6 is 11.3 Å². The number of nitrogens with zero attached hydrogens (tertiary/aromatic N) is 2. The van der Waals surface area contributed by atoms with Gasteiger partial charge in [-0.2, -0.15) is 0 Å². The van der Waals surface area contributed by atoms with Crippen LogP contribution in [0.4, 0.5) is 0 Å². The molecule has 0 aromatic carbocycles. The Morgan fingerprint density at radius 1 is 1.15 bits per heavy atom. The van der Waals surface area contributed by atoms with Crippen LogP contribution in [0.1, 0.15) is 22.5 Å². The third-order valence-electron chi connectivity index (χ3n) is 5.29. The van der Waals surface area contributed by atoms with Crippen molar-refractivity contribution in [2.24, 2.45) is 11.7 Å². The van der Waals surface area contributed by atoms with E-state index in [0.29, 0.717) is 44.3 Å². The predicted octanol–water partition coefficient (Wildman–Crippen LogP) is 1.53. The molecule has 1 atom stereocenters. The summed E-state index contributed by atoms with van der Waals surface area (Å²) in [5.74, 6) is 0.192. The van der Waals surface area contributed by atoms with E-state index in [2.05, 4.69) is 0 Å². The van der Waals surface area contributed by atoms with Gasteiger partial charge in [-0.1, -0.05) is 0 Å². The zero-order chi connectivity index (χ0) is 18.1. The van der Waals surface area contributed by atoms with Crippen LogP contribution in [0.2, 0.25) is 0 Å². The maximum atomic E-state index is 12.7. The average molecular weight is 377 g/mol. The van der Waals surface area contributed by atoms with Crippen LogP contribution in [0.5, 0.6) is 0 Å². The lowest BCUT2D eigenvalue weighted by atomic mass is 9.91. The van der Waals surface area contributed by atoms with E-state index in [0.717, 1.165) is 23.1 Å². The van der Waals surface area contributed by atoms with Crippen molar-refractivity contribution in [1.82, 2.24) is 9.80 Å². The topological polar surface area (TPSA) is 89.0 Å². The highest BCUT2D eigenvalue weighted by molar-refractivity contribution is 7.20. The Hall–Kier alpha value is -1.90. The van der Waals surface area contributed by atoms with Crippen molar-refractivity contribution in [3.63, 3.8) is 0 Å². The van der Waals surface area contributed by atoms with Gasteiger partial charge in [-0.3, -0.25) is 9.59 Å². The lowest BCUT2D eigenvalue weighted by molar-refractivity contribution is -0.136. The van der Waals surface area contributed by atoms with Crippen LogP contribution in [-0.4, -0.2) is 67.0 Å². The number of piperazine rings is 1. The average Bonchev–Trinajstić information content (AvgIpc) is 3.29. The predicted molar refractivity (Wildman–Crippen MR) is 98.1 cm³/mol. The Morgan fingerprint density at radius 3 is 2.54 bits per heavy atom. The zero-order valence-electron chi connectivity index (χ0n) is 14.6. The van der Waals surface area contributed by atoms with Crippen molar-refractivity contribution in [1.29, 1.82) is 0 Å². The van der Waals surface area contributed by atoms with Gasteiger partial charge in [0.25, 0.3) is 5.91 Å². The Labute approximate surface area is 155 Å². The number of thiophene rings is 1. The molecule has 1 unspecified atom stereocenters. The molecule has 0 bridgehead atoms. The number of nitrogens with two attached hydrogens (primary N) is 1. The molecule has 0 radical (unpaired) electrons. The summed E-state index contributed by atoms with van der Waals surface area (Å²) in [6, 6.07) is 3.19. The minimum absolute atomic E-state index is 0.00206. The van der Waals surface area contributed by atoms with Crippen molar-refractivity contribution in [2.45, 2.75) is 18.9 Å². The summed E-state index contributed by atoms with van der Waals surface area (Å²) in [5.41, 5.74) is 6.95. The number of ether oxygens (including phenoxy) is 1. The van der Waals surface area contributed by atoms with Gasteiger partial charge in [0.1, 0.15) is 5.58 Å². The monoisotopic (exact) mass is 377 g/mol. The number of hydrogen-bond acceptors (Lipinski definition) is 6. The highest BCUT2D eigenvalue weighted by atomic mass is 32.1. The molecule has 2 aliphatic rings. The van der Waals surface area contributed by atoms with E-state index in [1.165, 1.54) is 11.3 Å². The van der Waals surface area contributed by atoms with Crippen LogP contribution in [0, 0.1) is 5.92 Å². The third-order valence-corrected chi connectivity index (χ3v) is 6.36. The van der Waals surface area contributed by atoms with Gasteiger partial charge in [0.2, 0.25) is 5.91 Å². The van der Waals surface area contributed by atoms with E-state index >= 15 is 0 Å². The quantitative estimate of drug-likeness (QED) is 0.876. The molecular formula is C18H23N3O4S. The number of fused-ring (bicyclic) bond motifs is 1. The second-order valence-electron chi connectivity index (χ2n) is 6.85. The van der Waals surface area contributed by atoms with E-state index in [4.69, 9.17) is 14.9 Å². The summed E-state index contributed by atoms with van der Waals surface area (Å²) in [6.07, 6.45) is 3.30. The molecule has 4 rings (SSSR count). The molecule has 4 heterocycles. The van der Waals surface area contributed by atoms with E-state index in [1.54, 1.807) is 22.1 Å². The van der Waals surface area contributed by atoms with Gasteiger partial charge in [0.05, 0.1) is 21.9 Å². The minimum Gasteiger partial charge on any atom is -0.463 e. The molecule has 7 nitrogen and oxygen atoms in total. The first kappa shape index (κ1) is 17.5. The van der Waals surface area contributed by atoms with Crippen molar-refractivity contribution in [3.05, 3.63) is 23.3 Å². The van der Waals surface area contributed by atoms with Crippen LogP contribution in [0.15, 0.2) is 22.8 Å². The second-order valence-corrected chi connectivity index (χ2v) is 7.94. The molecular weight excluding hydrogens is 354 g/mol. The first-order valence-electron chi connectivity index (χ1n) is 9.02. The number of rotatable bonds is 3. The van der Waals surface area contributed by atoms with Crippen LogP contribution in [0.3, 0.4) is 0 Å². The van der Waals surface area contributed by atoms with Gasteiger partial charge in [-0.25, -0.2) is 0 Å². The summed E-state index contributed by atoms with van der Waals surface area (Å²) >= 11 is 1.44. The molecule has 2 aliphatic heterocycles. The first-order chi connectivity index (χ1) is 12.6. The van der Waals surface area contributed by atoms with E-state index < -0.39 is 6.04 Å². The van der Waals surface area contributed by atoms with Gasteiger partial charge in [-0.05, 0) is 24.8 Å². The first-order valence-corrected chi connectivity index (χ1v) is 9.83. The number of hydrogen-bond donors (Lipinski definition) is 1. The Bertz CT molecular complexity index is 759. The SMILES string of the molecule is NC(C(=O)N1CCN(C(=O)c2cc3occc3s2)CC1)C1CCOCC1. The number of carbonyl (C=O) groups is 2. The summed E-state index contributed by atoms with van der Waals surface area (Å²) in [7, 11) is 0. The van der Waals surface area contributed by atoms with E-state index in [9.17, 15) is 9.59 Å². The number of furan rings is 1. The zero-order valence-corrected chi connectivity index (χ0v) is 15.4. The molecule has 2 aromatic heterocycles. The molecule has 2 fully saturated rings. The van der Waals surface area contributed by atoms with E-state index in [1.807, 2.05) is 6.07 Å². The molecule has 2 saturated heterocycles. The molecule has 2 amide bonds. The summed E-state index contributed by atoms with van der Waals surface area (Å²) < 4.78 is 11.7. The van der Waals surface area contributed by atoms with Crippen molar-refractivity contribution >= 4 is 33.4 Å². The number of amides is 2. The third kappa shape index (κ3) is 3.36. The van der Waals surface area contributed by atoms with Crippen LogP contribution in [-0.2, 0) is 9.53 Å². The minimum atomic E-state index is -0.467. The normalized spacial score (nSPS) is 20.5. The molecule has 2 N–H and O–H groups in total. The lowest BCUT2D eigenvalue weighted by Gasteiger charge is -2.37. The fraction of sp³-hybridized carbons (Fsp3) is 0.556. The molecule has 2 aromatic rings. The fourth-order valence-corrected chi connectivity index (χ4v) is 4.59. The van der Waals surface area contributed by atoms with Gasteiger partial charge < -0.3 is 24.7 Å². The van der Waals surface area contributed by atoms with Crippen molar-refractivity contribution in [2.75, 3.05) is 39.4 Å². The second kappa shape index (κ2) is 7.38. The van der Waals surface area contributed by atoms with Gasteiger partial charge in [0.15, 0.2) is 0 Å². The Morgan fingerprint density at radius 2 is 1.85 bits per heavy atom. The molecule has 26 heavy (non-hydrogen) atoms. The van der Waals surface area contributed by atoms with Gasteiger partial charge in [-0.15, -0.1) is 11.3 Å². The molecule has 0 spiro atoms. The van der Waals surface area contributed by atoms with E-state index in [-0.39, 0.29) is 17.7 Å². The molecule has 0 aliphatic carbocycles.